The van der Waals surface area contributed by atoms with E-state index < -0.39 is 10.0 Å². The number of nitrogens with one attached hydrogen (secondary N) is 1. The Hall–Kier alpha value is -1.99. The Morgan fingerprint density at radius 3 is 2.84 bits per heavy atom. The van der Waals surface area contributed by atoms with Crippen LogP contribution in [0.5, 0.6) is 0 Å². The number of benzene rings is 2. The van der Waals surface area contributed by atoms with Crippen molar-refractivity contribution in [3.8, 4) is 0 Å². The average molecular weight is 374 g/mol. The van der Waals surface area contributed by atoms with Gasteiger partial charge < -0.3 is 5.32 Å². The first-order chi connectivity index (χ1) is 12.0. The van der Waals surface area contributed by atoms with Crippen LogP contribution in [0.3, 0.4) is 0 Å². The molecule has 0 spiro atoms. The van der Waals surface area contributed by atoms with Crippen molar-refractivity contribution in [3.05, 3.63) is 48.0 Å². The maximum Gasteiger partial charge on any atom is 0.264 e. The summed E-state index contributed by atoms with van der Waals surface area (Å²) in [4.78, 5) is 13.2. The van der Waals surface area contributed by atoms with E-state index in [2.05, 4.69) is 5.32 Å². The highest BCUT2D eigenvalue weighted by atomic mass is 32.2. The number of sulfonamides is 1. The van der Waals surface area contributed by atoms with E-state index >= 15 is 0 Å². The molecule has 0 radical (unpaired) electrons. The van der Waals surface area contributed by atoms with Crippen molar-refractivity contribution in [2.75, 3.05) is 21.9 Å². The summed E-state index contributed by atoms with van der Waals surface area (Å²) in [5.41, 5.74) is 2.36. The second-order valence-corrected chi connectivity index (χ2v) is 9.24. The maximum atomic E-state index is 13.1. The van der Waals surface area contributed by atoms with Gasteiger partial charge in [-0.05, 0) is 36.2 Å². The fourth-order valence-electron chi connectivity index (χ4n) is 3.12. The van der Waals surface area contributed by atoms with Crippen LogP contribution < -0.4 is 9.62 Å². The van der Waals surface area contributed by atoms with Crippen molar-refractivity contribution < 1.29 is 13.2 Å². The quantitative estimate of drug-likeness (QED) is 0.877. The summed E-state index contributed by atoms with van der Waals surface area (Å²) in [6.07, 6.45) is 0.713. The van der Waals surface area contributed by atoms with E-state index in [0.717, 1.165) is 16.1 Å². The van der Waals surface area contributed by atoms with Crippen LogP contribution >= 0.6 is 11.8 Å². The molecule has 0 aliphatic carbocycles. The zero-order chi connectivity index (χ0) is 17.6. The number of carbonyl (C=O) groups is 1. The number of para-hydroxylation sites is 1. The lowest BCUT2D eigenvalue weighted by Gasteiger charge is -2.20. The van der Waals surface area contributed by atoms with Crippen LogP contribution in [0.4, 0.5) is 11.4 Å². The Bertz CT molecular complexity index is 957. The molecular weight excluding hydrogens is 356 g/mol. The average Bonchev–Trinajstić information content (AvgIpc) is 2.99. The van der Waals surface area contributed by atoms with Crippen LogP contribution in [0.15, 0.2) is 52.3 Å². The molecule has 2 heterocycles. The number of fused-ring (bicyclic) bond motifs is 2. The Morgan fingerprint density at radius 1 is 1.20 bits per heavy atom. The third-order valence-corrected chi connectivity index (χ3v) is 7.72. The van der Waals surface area contributed by atoms with Gasteiger partial charge in [-0.25, -0.2) is 8.42 Å². The van der Waals surface area contributed by atoms with E-state index in [1.807, 2.05) is 31.2 Å². The molecule has 0 bridgehead atoms. The van der Waals surface area contributed by atoms with E-state index in [4.69, 9.17) is 0 Å². The molecule has 4 rings (SSSR count). The summed E-state index contributed by atoms with van der Waals surface area (Å²) in [7, 11) is -3.66. The summed E-state index contributed by atoms with van der Waals surface area (Å²) in [5, 5.41) is 2.85. The second-order valence-electron chi connectivity index (χ2n) is 6.32. The van der Waals surface area contributed by atoms with Crippen LogP contribution in [0.25, 0.3) is 0 Å². The van der Waals surface area contributed by atoms with E-state index in [1.54, 1.807) is 30.0 Å². The maximum absolute atomic E-state index is 13.1. The number of anilines is 2. The van der Waals surface area contributed by atoms with E-state index in [0.29, 0.717) is 24.4 Å². The monoisotopic (exact) mass is 374 g/mol. The standard InChI is InChI=1S/C18H18N2O3S2/c1-12-11-24-17-7-6-14(10-15(17)19-18(12)21)25(22,23)20-9-8-13-4-2-3-5-16(13)20/h2-7,10,12H,8-9,11H2,1H3,(H,19,21). The molecule has 0 saturated heterocycles. The van der Waals surface area contributed by atoms with Crippen molar-refractivity contribution in [1.29, 1.82) is 0 Å². The minimum atomic E-state index is -3.66. The van der Waals surface area contributed by atoms with Gasteiger partial charge in [-0.1, -0.05) is 25.1 Å². The van der Waals surface area contributed by atoms with Gasteiger partial charge >= 0.3 is 0 Å². The topological polar surface area (TPSA) is 66.5 Å². The molecule has 25 heavy (non-hydrogen) atoms. The van der Waals surface area contributed by atoms with Crippen molar-refractivity contribution in [3.63, 3.8) is 0 Å². The van der Waals surface area contributed by atoms with Crippen LogP contribution in [0.1, 0.15) is 12.5 Å². The van der Waals surface area contributed by atoms with E-state index in [9.17, 15) is 13.2 Å². The molecule has 1 unspecified atom stereocenters. The van der Waals surface area contributed by atoms with Gasteiger partial charge in [-0.2, -0.15) is 0 Å². The number of rotatable bonds is 2. The predicted molar refractivity (Wildman–Crippen MR) is 99.6 cm³/mol. The number of hydrogen-bond acceptors (Lipinski definition) is 4. The molecule has 0 fully saturated rings. The summed E-state index contributed by atoms with van der Waals surface area (Å²) in [5.74, 6) is 0.500. The molecule has 0 aromatic heterocycles. The zero-order valence-corrected chi connectivity index (χ0v) is 15.4. The zero-order valence-electron chi connectivity index (χ0n) is 13.7. The van der Waals surface area contributed by atoms with Gasteiger partial charge in [0.15, 0.2) is 0 Å². The third kappa shape index (κ3) is 2.81. The SMILES string of the molecule is CC1CSc2ccc(S(=O)(=O)N3CCc4ccccc43)cc2NC1=O. The first-order valence-corrected chi connectivity index (χ1v) is 10.6. The molecule has 2 aromatic carbocycles. The van der Waals surface area contributed by atoms with Crippen molar-refractivity contribution >= 4 is 39.1 Å². The first kappa shape index (κ1) is 16.5. The molecule has 1 atom stereocenters. The summed E-state index contributed by atoms with van der Waals surface area (Å²) in [6, 6.07) is 12.6. The number of carbonyl (C=O) groups excluding carboxylic acids is 1. The van der Waals surface area contributed by atoms with E-state index in [1.165, 1.54) is 4.31 Å². The molecular formula is C18H18N2O3S2. The third-order valence-electron chi connectivity index (χ3n) is 4.58. The molecule has 1 amide bonds. The second kappa shape index (κ2) is 6.07. The van der Waals surface area contributed by atoms with Crippen molar-refractivity contribution in [2.24, 2.45) is 5.92 Å². The summed E-state index contributed by atoms with van der Waals surface area (Å²) in [6.45, 7) is 2.31. The Kier molecular flexibility index (Phi) is 4.00. The highest BCUT2D eigenvalue weighted by Gasteiger charge is 2.31. The minimum Gasteiger partial charge on any atom is -0.325 e. The fourth-order valence-corrected chi connectivity index (χ4v) is 5.67. The lowest BCUT2D eigenvalue weighted by Crippen LogP contribution is -2.29. The predicted octanol–water partition coefficient (Wildman–Crippen LogP) is 3.12. The van der Waals surface area contributed by atoms with Crippen molar-refractivity contribution in [1.82, 2.24) is 0 Å². The lowest BCUT2D eigenvalue weighted by molar-refractivity contribution is -0.118. The Labute approximate surface area is 151 Å². The van der Waals surface area contributed by atoms with E-state index in [-0.39, 0.29) is 16.7 Å². The Balaban J connectivity index is 1.73. The minimum absolute atomic E-state index is 0.0766. The van der Waals surface area contributed by atoms with Crippen molar-refractivity contribution in [2.45, 2.75) is 23.1 Å². The van der Waals surface area contributed by atoms with Gasteiger partial charge in [0.1, 0.15) is 0 Å². The van der Waals surface area contributed by atoms with Gasteiger partial charge in [0.05, 0.1) is 16.3 Å². The fraction of sp³-hybridized carbons (Fsp3) is 0.278. The van der Waals surface area contributed by atoms with Crippen LogP contribution in [0.2, 0.25) is 0 Å². The smallest absolute Gasteiger partial charge is 0.264 e. The normalized spacial score (nSPS) is 19.8. The Morgan fingerprint density at radius 2 is 2.00 bits per heavy atom. The molecule has 2 aliphatic heterocycles. The largest absolute Gasteiger partial charge is 0.325 e. The molecule has 2 aromatic rings. The van der Waals surface area contributed by atoms with Gasteiger partial charge in [-0.15, -0.1) is 11.8 Å². The molecule has 130 valence electrons. The summed E-state index contributed by atoms with van der Waals surface area (Å²) < 4.78 is 27.7. The van der Waals surface area contributed by atoms with Gasteiger partial charge in [0, 0.05) is 23.1 Å². The highest BCUT2D eigenvalue weighted by molar-refractivity contribution is 7.99. The molecule has 1 N–H and O–H groups in total. The molecule has 5 nitrogen and oxygen atoms in total. The van der Waals surface area contributed by atoms with Gasteiger partial charge in [-0.3, -0.25) is 9.10 Å². The number of thioether (sulfide) groups is 1. The van der Waals surface area contributed by atoms with Gasteiger partial charge in [0.2, 0.25) is 5.91 Å². The number of nitrogens with zero attached hydrogens (tertiary/aromatic N) is 1. The first-order valence-electron chi connectivity index (χ1n) is 8.15. The van der Waals surface area contributed by atoms with Crippen LogP contribution in [0, 0.1) is 5.92 Å². The summed E-state index contributed by atoms with van der Waals surface area (Å²) >= 11 is 1.57. The molecule has 2 aliphatic rings. The molecule has 7 heteroatoms. The van der Waals surface area contributed by atoms with Crippen LogP contribution in [-0.2, 0) is 21.2 Å². The molecule has 0 saturated carbocycles. The number of amides is 1. The number of hydrogen-bond donors (Lipinski definition) is 1. The van der Waals surface area contributed by atoms with Crippen LogP contribution in [-0.4, -0.2) is 26.6 Å². The lowest BCUT2D eigenvalue weighted by atomic mass is 10.2. The highest BCUT2D eigenvalue weighted by Crippen LogP contribution is 2.37. The van der Waals surface area contributed by atoms with Gasteiger partial charge in [0.25, 0.3) is 10.0 Å².